The van der Waals surface area contributed by atoms with Gasteiger partial charge in [-0.25, -0.2) is 0 Å². The van der Waals surface area contributed by atoms with Gasteiger partial charge in [0.15, 0.2) is 0 Å². The van der Waals surface area contributed by atoms with E-state index >= 15 is 0 Å². The van der Waals surface area contributed by atoms with E-state index in [0.717, 1.165) is 0 Å². The summed E-state index contributed by atoms with van der Waals surface area (Å²) in [5, 5.41) is 10.9. The van der Waals surface area contributed by atoms with Gasteiger partial charge in [0.1, 0.15) is 0 Å². The Morgan fingerprint density at radius 1 is 2.00 bits per heavy atom. The van der Waals surface area contributed by atoms with Crippen molar-refractivity contribution in [2.24, 2.45) is 0 Å². The molecule has 0 heterocycles. The Kier molecular flexibility index (Phi) is 3.49. The zero-order valence-corrected chi connectivity index (χ0v) is 5.22. The van der Waals surface area contributed by atoms with Crippen LogP contribution in [0.4, 0.5) is 0 Å². The molecule has 0 aliphatic carbocycles. The molecule has 0 aliphatic rings. The minimum absolute atomic E-state index is 0.211. The highest BCUT2D eigenvalue weighted by Gasteiger charge is 1.96. The molecule has 0 fully saturated rings. The smallest absolute Gasteiger partial charge is 0.295 e. The molecule has 0 aromatic heterocycles. The number of rotatable bonds is 2. The molecule has 2 N–H and O–H groups in total. The summed E-state index contributed by atoms with van der Waals surface area (Å²) in [5.41, 5.74) is 0. The molecule has 0 aromatic carbocycles. The molecular weight excluding hydrogens is 118 g/mol. The van der Waals surface area contributed by atoms with Gasteiger partial charge in [0.25, 0.3) is 5.91 Å². The second-order valence-electron chi connectivity index (χ2n) is 1.70. The van der Waals surface area contributed by atoms with Gasteiger partial charge >= 0.3 is 0 Å². The van der Waals surface area contributed by atoms with Crippen LogP contribution in [0.2, 0.25) is 0 Å². The topological polar surface area (TPSA) is 49.3 Å². The molecular formula is C6H9NO2. The van der Waals surface area contributed by atoms with Crippen molar-refractivity contribution >= 4 is 5.91 Å². The SMILES string of the molecule is C#CC(=O)NCC(C)O. The third-order valence-corrected chi connectivity index (χ3v) is 0.689. The minimum atomic E-state index is -0.540. The lowest BCUT2D eigenvalue weighted by Gasteiger charge is -2.01. The summed E-state index contributed by atoms with van der Waals surface area (Å²) in [7, 11) is 0. The summed E-state index contributed by atoms with van der Waals surface area (Å²) in [6.45, 7) is 1.78. The summed E-state index contributed by atoms with van der Waals surface area (Å²) in [6.07, 6.45) is 4.18. The van der Waals surface area contributed by atoms with Crippen LogP contribution in [-0.4, -0.2) is 23.7 Å². The van der Waals surface area contributed by atoms with Gasteiger partial charge in [-0.05, 0) is 12.8 Å². The highest BCUT2D eigenvalue weighted by molar-refractivity contribution is 5.92. The minimum Gasteiger partial charge on any atom is -0.392 e. The molecule has 1 unspecified atom stereocenters. The average Bonchev–Trinajstić information content (AvgIpc) is 1.83. The molecule has 9 heavy (non-hydrogen) atoms. The summed E-state index contributed by atoms with van der Waals surface area (Å²) >= 11 is 0. The average molecular weight is 127 g/mol. The highest BCUT2D eigenvalue weighted by atomic mass is 16.3. The largest absolute Gasteiger partial charge is 0.392 e. The Balaban J connectivity index is 3.31. The van der Waals surface area contributed by atoms with Crippen molar-refractivity contribution in [3.8, 4) is 12.3 Å². The molecule has 50 valence electrons. The van der Waals surface area contributed by atoms with Crippen LogP contribution in [-0.2, 0) is 4.79 Å². The summed E-state index contributed by atoms with van der Waals surface area (Å²) < 4.78 is 0. The molecule has 1 atom stereocenters. The fraction of sp³-hybridized carbons (Fsp3) is 0.500. The summed E-state index contributed by atoms with van der Waals surface area (Å²) in [4.78, 5) is 10.3. The van der Waals surface area contributed by atoms with Crippen molar-refractivity contribution in [2.75, 3.05) is 6.54 Å². The number of carbonyl (C=O) groups is 1. The Morgan fingerprint density at radius 3 is 2.89 bits per heavy atom. The van der Waals surface area contributed by atoms with E-state index < -0.39 is 12.0 Å². The maximum atomic E-state index is 10.3. The van der Waals surface area contributed by atoms with E-state index in [4.69, 9.17) is 11.5 Å². The molecule has 0 aliphatic heterocycles. The lowest BCUT2D eigenvalue weighted by molar-refractivity contribution is -0.116. The predicted octanol–water partition coefficient (Wildman–Crippen LogP) is -0.883. The van der Waals surface area contributed by atoms with Crippen LogP contribution < -0.4 is 5.32 Å². The summed E-state index contributed by atoms with van der Waals surface area (Å²) in [6, 6.07) is 0. The monoisotopic (exact) mass is 127 g/mol. The number of carbonyl (C=O) groups excluding carboxylic acids is 1. The van der Waals surface area contributed by atoms with Crippen LogP contribution in [0.1, 0.15) is 6.92 Å². The van der Waals surface area contributed by atoms with E-state index in [2.05, 4.69) is 5.32 Å². The van der Waals surface area contributed by atoms with Crippen LogP contribution in [0.3, 0.4) is 0 Å². The number of hydrogen-bond donors (Lipinski definition) is 2. The van der Waals surface area contributed by atoms with Gasteiger partial charge in [-0.2, -0.15) is 0 Å². The maximum Gasteiger partial charge on any atom is 0.295 e. The highest BCUT2D eigenvalue weighted by Crippen LogP contribution is 1.73. The molecule has 1 amide bonds. The molecule has 0 bridgehead atoms. The van der Waals surface area contributed by atoms with E-state index in [1.807, 2.05) is 5.92 Å². The third kappa shape index (κ3) is 4.85. The van der Waals surface area contributed by atoms with Crippen LogP contribution in [0.15, 0.2) is 0 Å². The Labute approximate surface area is 54.1 Å². The van der Waals surface area contributed by atoms with Gasteiger partial charge in [-0.1, -0.05) is 0 Å². The van der Waals surface area contributed by atoms with E-state index in [-0.39, 0.29) is 6.54 Å². The van der Waals surface area contributed by atoms with E-state index in [0.29, 0.717) is 0 Å². The number of nitrogens with one attached hydrogen (secondary N) is 1. The molecule has 3 nitrogen and oxygen atoms in total. The fourth-order valence-corrected chi connectivity index (χ4v) is 0.291. The molecule has 0 saturated heterocycles. The Bertz CT molecular complexity index is 134. The molecule has 0 rings (SSSR count). The molecule has 0 spiro atoms. The summed E-state index contributed by atoms with van der Waals surface area (Å²) in [5.74, 6) is 1.37. The first kappa shape index (κ1) is 7.99. The number of aliphatic hydroxyl groups is 1. The first-order valence-corrected chi connectivity index (χ1v) is 2.59. The molecule has 0 saturated carbocycles. The number of amides is 1. The van der Waals surface area contributed by atoms with Crippen LogP contribution >= 0.6 is 0 Å². The lowest BCUT2D eigenvalue weighted by Crippen LogP contribution is -2.29. The van der Waals surface area contributed by atoms with Crippen molar-refractivity contribution in [1.29, 1.82) is 0 Å². The zero-order chi connectivity index (χ0) is 7.28. The van der Waals surface area contributed by atoms with E-state index in [9.17, 15) is 4.79 Å². The lowest BCUT2D eigenvalue weighted by atomic mass is 10.4. The van der Waals surface area contributed by atoms with Gasteiger partial charge in [0.2, 0.25) is 0 Å². The molecule has 3 heteroatoms. The number of terminal acetylenes is 1. The molecule has 0 radical (unpaired) electrons. The third-order valence-electron chi connectivity index (χ3n) is 0.689. The predicted molar refractivity (Wildman–Crippen MR) is 33.5 cm³/mol. The second kappa shape index (κ2) is 3.93. The van der Waals surface area contributed by atoms with Crippen molar-refractivity contribution < 1.29 is 9.90 Å². The Morgan fingerprint density at radius 2 is 2.56 bits per heavy atom. The fourth-order valence-electron chi connectivity index (χ4n) is 0.291. The van der Waals surface area contributed by atoms with Gasteiger partial charge in [-0.15, -0.1) is 6.42 Å². The van der Waals surface area contributed by atoms with Crippen molar-refractivity contribution in [2.45, 2.75) is 13.0 Å². The number of aliphatic hydroxyl groups excluding tert-OH is 1. The van der Waals surface area contributed by atoms with Gasteiger partial charge in [0.05, 0.1) is 6.10 Å². The maximum absolute atomic E-state index is 10.3. The van der Waals surface area contributed by atoms with E-state index in [1.165, 1.54) is 0 Å². The van der Waals surface area contributed by atoms with Crippen molar-refractivity contribution in [3.63, 3.8) is 0 Å². The van der Waals surface area contributed by atoms with Crippen LogP contribution in [0, 0.1) is 12.3 Å². The number of hydrogen-bond acceptors (Lipinski definition) is 2. The van der Waals surface area contributed by atoms with E-state index in [1.54, 1.807) is 6.92 Å². The first-order valence-electron chi connectivity index (χ1n) is 2.59. The van der Waals surface area contributed by atoms with Gasteiger partial charge in [-0.3, -0.25) is 4.79 Å². The quantitative estimate of drug-likeness (QED) is 0.473. The van der Waals surface area contributed by atoms with Crippen molar-refractivity contribution in [3.05, 3.63) is 0 Å². The van der Waals surface area contributed by atoms with Crippen LogP contribution in [0.25, 0.3) is 0 Å². The molecule has 0 aromatic rings. The standard InChI is InChI=1S/C6H9NO2/c1-3-6(9)7-4-5(2)8/h1,5,8H,4H2,2H3,(H,7,9). The van der Waals surface area contributed by atoms with Gasteiger partial charge in [0, 0.05) is 6.54 Å². The Hall–Kier alpha value is -1.01. The van der Waals surface area contributed by atoms with Crippen LogP contribution in [0.5, 0.6) is 0 Å². The first-order chi connectivity index (χ1) is 4.16. The normalized spacial score (nSPS) is 11.7. The van der Waals surface area contributed by atoms with Gasteiger partial charge < -0.3 is 10.4 Å². The zero-order valence-electron chi connectivity index (χ0n) is 5.22. The second-order valence-corrected chi connectivity index (χ2v) is 1.70. The van der Waals surface area contributed by atoms with Crippen molar-refractivity contribution in [1.82, 2.24) is 5.32 Å².